The first-order chi connectivity index (χ1) is 11.5. The van der Waals surface area contributed by atoms with Gasteiger partial charge in [0.1, 0.15) is 17.3 Å². The van der Waals surface area contributed by atoms with Crippen LogP contribution in [0.15, 0.2) is 24.0 Å². The van der Waals surface area contributed by atoms with Crippen LogP contribution >= 0.6 is 0 Å². The molecule has 6 nitrogen and oxygen atoms in total. The molecule has 4 heterocycles. The molecule has 0 aromatic heterocycles. The van der Waals surface area contributed by atoms with Crippen molar-refractivity contribution in [2.24, 2.45) is 17.3 Å². The van der Waals surface area contributed by atoms with Gasteiger partial charge in [-0.2, -0.15) is 0 Å². The molecular formula is C19H24O6. The number of ether oxygens (including phenoxy) is 3. The van der Waals surface area contributed by atoms with Crippen molar-refractivity contribution in [2.45, 2.75) is 64.1 Å². The van der Waals surface area contributed by atoms with Crippen molar-refractivity contribution in [2.75, 3.05) is 0 Å². The highest BCUT2D eigenvalue weighted by Crippen LogP contribution is 2.61. The van der Waals surface area contributed by atoms with Crippen LogP contribution in [0.4, 0.5) is 0 Å². The van der Waals surface area contributed by atoms with E-state index in [1.807, 2.05) is 6.92 Å². The highest BCUT2D eigenvalue weighted by Gasteiger charge is 2.74. The lowest BCUT2D eigenvalue weighted by Gasteiger charge is -2.34. The Morgan fingerprint density at radius 3 is 2.64 bits per heavy atom. The van der Waals surface area contributed by atoms with Gasteiger partial charge in [0.15, 0.2) is 5.60 Å². The Morgan fingerprint density at radius 1 is 1.32 bits per heavy atom. The summed E-state index contributed by atoms with van der Waals surface area (Å²) in [5.74, 6) is -2.19. The van der Waals surface area contributed by atoms with Crippen LogP contribution in [-0.2, 0) is 23.8 Å². The summed E-state index contributed by atoms with van der Waals surface area (Å²) in [7, 11) is 0. The summed E-state index contributed by atoms with van der Waals surface area (Å²) < 4.78 is 17.7. The van der Waals surface area contributed by atoms with Crippen LogP contribution in [0.2, 0.25) is 0 Å². The second kappa shape index (κ2) is 4.74. The lowest BCUT2D eigenvalue weighted by atomic mass is 9.67. The molecule has 4 rings (SSSR count). The Labute approximate surface area is 146 Å². The number of hydrogen-bond donors (Lipinski definition) is 1. The van der Waals surface area contributed by atoms with E-state index in [9.17, 15) is 14.7 Å². The quantitative estimate of drug-likeness (QED) is 0.575. The smallest absolute Gasteiger partial charge is 0.318 e. The zero-order chi connectivity index (χ0) is 18.4. The van der Waals surface area contributed by atoms with Gasteiger partial charge < -0.3 is 19.3 Å². The average Bonchev–Trinajstić information content (AvgIpc) is 3.03. The summed E-state index contributed by atoms with van der Waals surface area (Å²) >= 11 is 0. The Kier molecular flexibility index (Phi) is 3.18. The summed E-state index contributed by atoms with van der Waals surface area (Å²) in [6.07, 6.45) is 1.37. The molecule has 0 spiro atoms. The van der Waals surface area contributed by atoms with E-state index >= 15 is 0 Å². The number of ketones is 1. The molecule has 1 N–H and O–H groups in total. The third-order valence-corrected chi connectivity index (χ3v) is 6.55. The van der Waals surface area contributed by atoms with Gasteiger partial charge in [0.05, 0.1) is 6.10 Å². The zero-order valence-corrected chi connectivity index (χ0v) is 15.0. The number of fused-ring (bicyclic) bond motifs is 2. The molecule has 4 aliphatic heterocycles. The first kappa shape index (κ1) is 16.8. The monoisotopic (exact) mass is 348 g/mol. The summed E-state index contributed by atoms with van der Waals surface area (Å²) in [6, 6.07) is 0. The Bertz CT molecular complexity index is 725. The van der Waals surface area contributed by atoms with Gasteiger partial charge in [0, 0.05) is 24.3 Å². The molecule has 25 heavy (non-hydrogen) atoms. The van der Waals surface area contributed by atoms with Crippen molar-refractivity contribution in [3.8, 4) is 0 Å². The van der Waals surface area contributed by atoms with E-state index in [1.54, 1.807) is 26.8 Å². The van der Waals surface area contributed by atoms with E-state index in [0.717, 1.165) is 0 Å². The van der Waals surface area contributed by atoms with E-state index in [0.29, 0.717) is 17.8 Å². The maximum Gasteiger partial charge on any atom is 0.318 e. The molecule has 2 bridgehead atoms. The SMILES string of the molecule is C=C(C)[C@@]1(O)O[C@H]2C[C@@]3(C)OC(=CC3=O)[C@@H](C)C[C@@H]3OC(=O)[C@@]1(C)[C@@H]32. The van der Waals surface area contributed by atoms with Gasteiger partial charge in [0.2, 0.25) is 11.6 Å². The molecule has 0 unspecified atom stereocenters. The highest BCUT2D eigenvalue weighted by atomic mass is 16.7. The third kappa shape index (κ3) is 1.87. The van der Waals surface area contributed by atoms with E-state index < -0.39 is 35.0 Å². The van der Waals surface area contributed by atoms with Crippen molar-refractivity contribution in [1.82, 2.24) is 0 Å². The summed E-state index contributed by atoms with van der Waals surface area (Å²) in [5, 5.41) is 11.2. The van der Waals surface area contributed by atoms with Crippen LogP contribution in [0.25, 0.3) is 0 Å². The summed E-state index contributed by atoms with van der Waals surface area (Å²) in [6.45, 7) is 10.8. The van der Waals surface area contributed by atoms with Gasteiger partial charge in [0.25, 0.3) is 0 Å². The van der Waals surface area contributed by atoms with E-state index in [2.05, 4.69) is 6.58 Å². The molecule has 3 fully saturated rings. The topological polar surface area (TPSA) is 82.1 Å². The van der Waals surface area contributed by atoms with Crippen LogP contribution in [0, 0.1) is 17.3 Å². The second-order valence-corrected chi connectivity index (χ2v) is 8.34. The molecular weight excluding hydrogens is 324 g/mol. The van der Waals surface area contributed by atoms with Gasteiger partial charge >= 0.3 is 5.97 Å². The molecule has 0 saturated carbocycles. The number of hydrogen-bond acceptors (Lipinski definition) is 6. The predicted octanol–water partition coefficient (Wildman–Crippen LogP) is 1.87. The van der Waals surface area contributed by atoms with Gasteiger partial charge in [-0.1, -0.05) is 13.5 Å². The normalized spacial score (nSPS) is 51.0. The molecule has 0 aliphatic carbocycles. The highest BCUT2D eigenvalue weighted by molar-refractivity contribution is 5.99. The van der Waals surface area contributed by atoms with Gasteiger partial charge in [-0.25, -0.2) is 0 Å². The molecule has 136 valence electrons. The summed E-state index contributed by atoms with van der Waals surface area (Å²) in [4.78, 5) is 25.3. The number of aliphatic hydroxyl groups is 1. The third-order valence-electron chi connectivity index (χ3n) is 6.55. The molecule has 0 aromatic rings. The maximum atomic E-state index is 12.8. The number of carbonyl (C=O) groups is 2. The van der Waals surface area contributed by atoms with Crippen LogP contribution in [0.1, 0.15) is 40.5 Å². The molecule has 0 radical (unpaired) electrons. The van der Waals surface area contributed by atoms with Crippen LogP contribution < -0.4 is 0 Å². The van der Waals surface area contributed by atoms with Gasteiger partial charge in [-0.05, 0) is 32.8 Å². The molecule has 7 atom stereocenters. The zero-order valence-electron chi connectivity index (χ0n) is 15.0. The standard InChI is InChI=1S/C19H24O6/c1-9(2)19(22)18(5)15-12(23-16(18)21)6-10(3)11-7-14(20)17(4,24-11)8-13(15)25-19/h7,10,12-13,15,22H,1,6,8H2,2-5H3/t10-,12-,13-,15-,17+,18+,19+/m0/s1. The lowest BCUT2D eigenvalue weighted by molar-refractivity contribution is -0.220. The van der Waals surface area contributed by atoms with Gasteiger partial charge in [-0.15, -0.1) is 0 Å². The fraction of sp³-hybridized carbons (Fsp3) is 0.684. The first-order valence-corrected chi connectivity index (χ1v) is 8.75. The molecule has 6 heteroatoms. The van der Waals surface area contributed by atoms with E-state index in [-0.39, 0.29) is 24.0 Å². The number of carbonyl (C=O) groups excluding carboxylic acids is 2. The van der Waals surface area contributed by atoms with E-state index in [4.69, 9.17) is 14.2 Å². The van der Waals surface area contributed by atoms with Crippen LogP contribution in [0.3, 0.4) is 0 Å². The van der Waals surface area contributed by atoms with Crippen LogP contribution in [0.5, 0.6) is 0 Å². The second-order valence-electron chi connectivity index (χ2n) is 8.34. The molecule has 0 aromatic carbocycles. The minimum Gasteiger partial charge on any atom is -0.483 e. The number of rotatable bonds is 1. The van der Waals surface area contributed by atoms with Crippen molar-refractivity contribution < 1.29 is 28.9 Å². The number of allylic oxidation sites excluding steroid dienone is 1. The number of esters is 1. The first-order valence-electron chi connectivity index (χ1n) is 8.75. The largest absolute Gasteiger partial charge is 0.483 e. The Morgan fingerprint density at radius 2 is 2.00 bits per heavy atom. The predicted molar refractivity (Wildman–Crippen MR) is 87.1 cm³/mol. The fourth-order valence-corrected chi connectivity index (χ4v) is 4.99. The van der Waals surface area contributed by atoms with Crippen molar-refractivity contribution >= 4 is 11.8 Å². The minimum atomic E-state index is -1.81. The average molecular weight is 348 g/mol. The van der Waals surface area contributed by atoms with Crippen molar-refractivity contribution in [3.63, 3.8) is 0 Å². The Hall–Kier alpha value is -1.66. The van der Waals surface area contributed by atoms with E-state index in [1.165, 1.54) is 0 Å². The minimum absolute atomic E-state index is 0.0665. The van der Waals surface area contributed by atoms with Gasteiger partial charge in [-0.3, -0.25) is 9.59 Å². The van der Waals surface area contributed by atoms with Crippen molar-refractivity contribution in [1.29, 1.82) is 0 Å². The fourth-order valence-electron chi connectivity index (χ4n) is 4.99. The molecule has 3 saturated heterocycles. The molecule has 0 amide bonds. The van der Waals surface area contributed by atoms with Crippen molar-refractivity contribution in [3.05, 3.63) is 24.0 Å². The molecule has 4 aliphatic rings. The Balaban J connectivity index is 1.85. The lowest BCUT2D eigenvalue weighted by Crippen LogP contribution is -2.49. The summed E-state index contributed by atoms with van der Waals surface area (Å²) in [5.41, 5.74) is -1.94. The maximum absolute atomic E-state index is 12.8. The van der Waals surface area contributed by atoms with Crippen LogP contribution in [-0.4, -0.2) is 40.5 Å².